The molecule has 8 heteroatoms. The average Bonchev–Trinajstić information content (AvgIpc) is 2.45. The summed E-state index contributed by atoms with van der Waals surface area (Å²) in [7, 11) is 0. The van der Waals surface area contributed by atoms with Crippen molar-refractivity contribution < 1.29 is 18.0 Å². The van der Waals surface area contributed by atoms with Crippen molar-refractivity contribution in [2.45, 2.75) is 16.5 Å². The summed E-state index contributed by atoms with van der Waals surface area (Å²) in [5.74, 6) is -0.631. The molecule has 0 saturated carbocycles. The number of thioether (sulfide) groups is 1. The molecule has 22 heavy (non-hydrogen) atoms. The number of amides is 1. The van der Waals surface area contributed by atoms with Gasteiger partial charge in [-0.15, -0.1) is 0 Å². The van der Waals surface area contributed by atoms with Gasteiger partial charge in [-0.25, -0.2) is 4.98 Å². The van der Waals surface area contributed by atoms with Crippen LogP contribution >= 0.6 is 23.4 Å². The molecule has 1 unspecified atom stereocenters. The average molecular weight is 347 g/mol. The highest BCUT2D eigenvalue weighted by Gasteiger charge is 2.32. The van der Waals surface area contributed by atoms with E-state index in [1.54, 1.807) is 30.3 Å². The highest BCUT2D eigenvalue weighted by molar-refractivity contribution is 8.00. The van der Waals surface area contributed by atoms with E-state index in [0.717, 1.165) is 17.8 Å². The number of pyridine rings is 1. The molecule has 1 aromatic heterocycles. The first kappa shape index (κ1) is 16.6. The minimum Gasteiger partial charge on any atom is -0.368 e. The fourth-order valence-corrected chi connectivity index (χ4v) is 2.91. The maximum atomic E-state index is 12.6. The van der Waals surface area contributed by atoms with Gasteiger partial charge in [0, 0.05) is 6.20 Å². The summed E-state index contributed by atoms with van der Waals surface area (Å²) in [4.78, 5) is 15.3. The van der Waals surface area contributed by atoms with E-state index in [9.17, 15) is 18.0 Å². The van der Waals surface area contributed by atoms with Gasteiger partial charge in [0.1, 0.15) is 10.3 Å². The van der Waals surface area contributed by atoms with Crippen LogP contribution < -0.4 is 5.73 Å². The number of halogens is 4. The van der Waals surface area contributed by atoms with E-state index in [2.05, 4.69) is 4.98 Å². The van der Waals surface area contributed by atoms with Crippen LogP contribution in [0.4, 0.5) is 13.2 Å². The molecule has 0 spiro atoms. The quantitative estimate of drug-likeness (QED) is 0.849. The number of hydrogen-bond acceptors (Lipinski definition) is 3. The largest absolute Gasteiger partial charge is 0.417 e. The lowest BCUT2D eigenvalue weighted by Crippen LogP contribution is -2.19. The highest BCUT2D eigenvalue weighted by atomic mass is 35.5. The maximum absolute atomic E-state index is 12.6. The predicted molar refractivity (Wildman–Crippen MR) is 78.5 cm³/mol. The lowest BCUT2D eigenvalue weighted by molar-refractivity contribution is -0.137. The number of carbonyl (C=O) groups excluding carboxylic acids is 1. The third-order valence-corrected chi connectivity index (χ3v) is 4.41. The van der Waals surface area contributed by atoms with Gasteiger partial charge in [0.25, 0.3) is 0 Å². The predicted octanol–water partition coefficient (Wildman–Crippen LogP) is 4.07. The zero-order chi connectivity index (χ0) is 16.3. The summed E-state index contributed by atoms with van der Waals surface area (Å²) in [6.45, 7) is 0. The molecule has 0 bridgehead atoms. The van der Waals surface area contributed by atoms with Gasteiger partial charge in [0.05, 0.1) is 10.6 Å². The highest BCUT2D eigenvalue weighted by Crippen LogP contribution is 2.39. The Balaban J connectivity index is 2.30. The summed E-state index contributed by atoms with van der Waals surface area (Å²) < 4.78 is 37.7. The van der Waals surface area contributed by atoms with Crippen molar-refractivity contribution in [3.8, 4) is 0 Å². The molecular formula is C14H10ClF3N2OS. The van der Waals surface area contributed by atoms with E-state index in [-0.39, 0.29) is 10.0 Å². The first-order chi connectivity index (χ1) is 10.3. The molecule has 1 amide bonds. The third-order valence-electron chi connectivity index (χ3n) is 2.72. The Hall–Kier alpha value is -1.73. The van der Waals surface area contributed by atoms with Crippen molar-refractivity contribution in [3.63, 3.8) is 0 Å². The Bertz CT molecular complexity index is 680. The lowest BCUT2D eigenvalue weighted by Gasteiger charge is -2.14. The minimum atomic E-state index is -4.53. The van der Waals surface area contributed by atoms with Gasteiger partial charge in [-0.3, -0.25) is 4.79 Å². The van der Waals surface area contributed by atoms with Crippen molar-refractivity contribution in [2.75, 3.05) is 0 Å². The first-order valence-electron chi connectivity index (χ1n) is 6.02. The number of benzene rings is 1. The minimum absolute atomic E-state index is 0.113. The molecule has 1 aromatic carbocycles. The van der Waals surface area contributed by atoms with Gasteiger partial charge in [-0.1, -0.05) is 53.7 Å². The molecule has 0 radical (unpaired) electrons. The van der Waals surface area contributed by atoms with Crippen LogP contribution in [-0.2, 0) is 11.0 Å². The monoisotopic (exact) mass is 346 g/mol. The Morgan fingerprint density at radius 3 is 2.41 bits per heavy atom. The Morgan fingerprint density at radius 1 is 1.27 bits per heavy atom. The summed E-state index contributed by atoms with van der Waals surface area (Å²) in [6.07, 6.45) is -3.85. The number of rotatable bonds is 4. The maximum Gasteiger partial charge on any atom is 0.417 e. The first-order valence-corrected chi connectivity index (χ1v) is 7.28. The van der Waals surface area contributed by atoms with Gasteiger partial charge in [0.15, 0.2) is 0 Å². The molecule has 116 valence electrons. The van der Waals surface area contributed by atoms with E-state index in [1.165, 1.54) is 0 Å². The second-order valence-electron chi connectivity index (χ2n) is 4.32. The number of primary amides is 1. The van der Waals surface area contributed by atoms with Gasteiger partial charge in [-0.05, 0) is 11.6 Å². The topological polar surface area (TPSA) is 56.0 Å². The van der Waals surface area contributed by atoms with Crippen molar-refractivity contribution in [3.05, 3.63) is 58.7 Å². The van der Waals surface area contributed by atoms with Crippen LogP contribution in [-0.4, -0.2) is 10.9 Å². The molecule has 0 aliphatic heterocycles. The number of alkyl halides is 3. The second kappa shape index (κ2) is 6.58. The lowest BCUT2D eigenvalue weighted by atomic mass is 10.1. The van der Waals surface area contributed by atoms with E-state index in [0.29, 0.717) is 11.8 Å². The number of hydrogen-bond donors (Lipinski definition) is 1. The fourth-order valence-electron chi connectivity index (χ4n) is 1.70. The molecule has 0 fully saturated rings. The van der Waals surface area contributed by atoms with Gasteiger partial charge < -0.3 is 5.73 Å². The number of nitrogens with two attached hydrogens (primary N) is 1. The van der Waals surface area contributed by atoms with Crippen LogP contribution in [0.1, 0.15) is 16.4 Å². The van der Waals surface area contributed by atoms with Gasteiger partial charge >= 0.3 is 6.18 Å². The van der Waals surface area contributed by atoms with Crippen LogP contribution in [0, 0.1) is 0 Å². The third kappa shape index (κ3) is 3.92. The SMILES string of the molecule is NC(=O)C(Sc1ncc(C(F)(F)F)cc1Cl)c1ccccc1. The van der Waals surface area contributed by atoms with Crippen LogP contribution in [0.25, 0.3) is 0 Å². The molecule has 3 nitrogen and oxygen atoms in total. The smallest absolute Gasteiger partial charge is 0.368 e. The Labute approximate surface area is 133 Å². The van der Waals surface area contributed by atoms with Crippen LogP contribution in [0.15, 0.2) is 47.6 Å². The van der Waals surface area contributed by atoms with E-state index < -0.39 is 22.9 Å². The van der Waals surface area contributed by atoms with E-state index >= 15 is 0 Å². The Kier molecular flexibility index (Phi) is 4.97. The molecule has 1 heterocycles. The second-order valence-corrected chi connectivity index (χ2v) is 5.82. The molecular weight excluding hydrogens is 337 g/mol. The zero-order valence-electron chi connectivity index (χ0n) is 11.0. The van der Waals surface area contributed by atoms with Crippen molar-refractivity contribution in [2.24, 2.45) is 5.73 Å². The van der Waals surface area contributed by atoms with Crippen molar-refractivity contribution >= 4 is 29.3 Å². The molecule has 0 aliphatic rings. The molecule has 1 atom stereocenters. The summed E-state index contributed by atoms with van der Waals surface area (Å²) in [5.41, 5.74) is 5.03. The van der Waals surface area contributed by atoms with E-state index in [4.69, 9.17) is 17.3 Å². The molecule has 2 aromatic rings. The van der Waals surface area contributed by atoms with Gasteiger partial charge in [0.2, 0.25) is 5.91 Å². The van der Waals surface area contributed by atoms with Crippen molar-refractivity contribution in [1.82, 2.24) is 4.98 Å². The summed E-state index contributed by atoms with van der Waals surface area (Å²) in [6, 6.07) is 9.40. The normalized spacial score (nSPS) is 12.9. The van der Waals surface area contributed by atoms with Crippen LogP contribution in [0.5, 0.6) is 0 Å². The van der Waals surface area contributed by atoms with Gasteiger partial charge in [-0.2, -0.15) is 13.2 Å². The van der Waals surface area contributed by atoms with Crippen LogP contribution in [0.3, 0.4) is 0 Å². The summed E-state index contributed by atoms with van der Waals surface area (Å²) in [5, 5.41) is -0.854. The number of aromatic nitrogens is 1. The summed E-state index contributed by atoms with van der Waals surface area (Å²) >= 11 is 6.75. The Morgan fingerprint density at radius 2 is 1.91 bits per heavy atom. The van der Waals surface area contributed by atoms with Crippen LogP contribution in [0.2, 0.25) is 5.02 Å². The molecule has 2 rings (SSSR count). The number of nitrogens with zero attached hydrogens (tertiary/aromatic N) is 1. The standard InChI is InChI=1S/C14H10ClF3N2OS/c15-10-6-9(14(16,17)18)7-20-13(10)22-11(12(19)21)8-4-2-1-3-5-8/h1-7,11H,(H2,19,21). The van der Waals surface area contributed by atoms with E-state index in [1.807, 2.05) is 0 Å². The van der Waals surface area contributed by atoms with Crippen molar-refractivity contribution in [1.29, 1.82) is 0 Å². The number of carbonyl (C=O) groups is 1. The molecule has 0 aliphatic carbocycles. The fraction of sp³-hybridized carbons (Fsp3) is 0.143. The molecule has 0 saturated heterocycles. The molecule has 2 N–H and O–H groups in total. The zero-order valence-corrected chi connectivity index (χ0v) is 12.5.